The first-order chi connectivity index (χ1) is 6.83. The molecule has 2 N–H and O–H groups in total. The van der Waals surface area contributed by atoms with Crippen LogP contribution in [0, 0.1) is 11.3 Å². The van der Waals surface area contributed by atoms with Gasteiger partial charge in [-0.15, -0.1) is 0 Å². The Morgan fingerprint density at radius 3 is 2.13 bits per heavy atom. The molecular formula is C12H24N2O. The van der Waals surface area contributed by atoms with Crippen molar-refractivity contribution in [1.82, 2.24) is 4.90 Å². The van der Waals surface area contributed by atoms with E-state index in [-0.39, 0.29) is 17.9 Å². The summed E-state index contributed by atoms with van der Waals surface area (Å²) >= 11 is 0. The van der Waals surface area contributed by atoms with E-state index in [1.54, 1.807) is 0 Å². The fourth-order valence-corrected chi connectivity index (χ4v) is 1.85. The molecule has 3 heteroatoms. The van der Waals surface area contributed by atoms with Crippen LogP contribution in [0.25, 0.3) is 0 Å². The lowest BCUT2D eigenvalue weighted by molar-refractivity contribution is -0.137. The summed E-state index contributed by atoms with van der Waals surface area (Å²) in [5, 5.41) is 0. The van der Waals surface area contributed by atoms with E-state index in [1.807, 2.05) is 18.7 Å². The average Bonchev–Trinajstić information content (AvgIpc) is 2.15. The summed E-state index contributed by atoms with van der Waals surface area (Å²) in [5.74, 6) is 0.173. The summed E-state index contributed by atoms with van der Waals surface area (Å²) in [5.41, 5.74) is 6.15. The molecule has 3 nitrogen and oxygen atoms in total. The molecule has 0 bridgehead atoms. The first kappa shape index (κ1) is 12.5. The first-order valence-corrected chi connectivity index (χ1v) is 5.88. The molecule has 0 spiro atoms. The molecule has 0 aromatic heterocycles. The van der Waals surface area contributed by atoms with Gasteiger partial charge >= 0.3 is 0 Å². The van der Waals surface area contributed by atoms with Crippen molar-refractivity contribution in [2.45, 2.75) is 46.6 Å². The van der Waals surface area contributed by atoms with E-state index < -0.39 is 0 Å². The third-order valence-corrected chi connectivity index (χ3v) is 3.61. The van der Waals surface area contributed by atoms with Gasteiger partial charge in [-0.3, -0.25) is 4.79 Å². The maximum Gasteiger partial charge on any atom is 0.226 e. The average molecular weight is 212 g/mol. The number of hydrogen-bond acceptors (Lipinski definition) is 2. The number of carbonyl (C=O) groups excluding carboxylic acids is 1. The highest BCUT2D eigenvalue weighted by Crippen LogP contribution is 2.30. The highest BCUT2D eigenvalue weighted by Gasteiger charge is 2.30. The predicted octanol–water partition coefficient (Wildman–Crippen LogP) is 1.62. The number of nitrogens with two attached hydrogens (primary N) is 1. The van der Waals surface area contributed by atoms with Gasteiger partial charge in [0, 0.05) is 19.1 Å². The van der Waals surface area contributed by atoms with Gasteiger partial charge in [0.05, 0.1) is 5.92 Å². The Morgan fingerprint density at radius 2 is 1.73 bits per heavy atom. The number of amides is 1. The molecule has 0 aromatic carbocycles. The fourth-order valence-electron chi connectivity index (χ4n) is 1.85. The maximum absolute atomic E-state index is 12.0. The molecule has 15 heavy (non-hydrogen) atoms. The topological polar surface area (TPSA) is 46.3 Å². The van der Waals surface area contributed by atoms with Gasteiger partial charge in [-0.1, -0.05) is 20.8 Å². The van der Waals surface area contributed by atoms with Crippen molar-refractivity contribution in [3.05, 3.63) is 0 Å². The van der Waals surface area contributed by atoms with E-state index in [0.717, 1.165) is 25.9 Å². The summed E-state index contributed by atoms with van der Waals surface area (Å²) in [7, 11) is 0. The molecule has 0 saturated carbocycles. The molecule has 2 unspecified atom stereocenters. The summed E-state index contributed by atoms with van der Waals surface area (Å²) in [4.78, 5) is 14.0. The molecule has 0 radical (unpaired) electrons. The molecular weight excluding hydrogens is 188 g/mol. The van der Waals surface area contributed by atoms with Gasteiger partial charge < -0.3 is 10.6 Å². The Balaban J connectivity index is 2.50. The molecule has 88 valence electrons. The van der Waals surface area contributed by atoms with Gasteiger partial charge in [0.2, 0.25) is 5.91 Å². The number of likely N-dealkylation sites (tertiary alicyclic amines) is 1. The molecule has 0 aromatic rings. The summed E-state index contributed by atoms with van der Waals surface area (Å²) < 4.78 is 0. The van der Waals surface area contributed by atoms with Crippen LogP contribution in [0.1, 0.15) is 40.5 Å². The van der Waals surface area contributed by atoms with E-state index in [2.05, 4.69) is 13.8 Å². The van der Waals surface area contributed by atoms with Crippen LogP contribution < -0.4 is 5.73 Å². The Kier molecular flexibility index (Phi) is 3.77. The van der Waals surface area contributed by atoms with E-state index in [1.165, 1.54) is 0 Å². The standard InChI is InChI=1S/C12H24N2O/c1-9(10(2)13)11(15)14-7-5-12(3,4)6-8-14/h9-10H,5-8,13H2,1-4H3. The Bertz CT molecular complexity index is 226. The van der Waals surface area contributed by atoms with E-state index in [0.29, 0.717) is 5.41 Å². The van der Waals surface area contributed by atoms with Gasteiger partial charge in [-0.2, -0.15) is 0 Å². The quantitative estimate of drug-likeness (QED) is 0.756. The van der Waals surface area contributed by atoms with Crippen molar-refractivity contribution in [2.24, 2.45) is 17.1 Å². The molecule has 1 aliphatic heterocycles. The molecule has 1 saturated heterocycles. The van der Waals surface area contributed by atoms with Crippen molar-refractivity contribution < 1.29 is 4.79 Å². The Morgan fingerprint density at radius 1 is 1.27 bits per heavy atom. The van der Waals surface area contributed by atoms with Gasteiger partial charge in [0.25, 0.3) is 0 Å². The third kappa shape index (κ3) is 3.20. The van der Waals surface area contributed by atoms with Crippen LogP contribution in [-0.4, -0.2) is 29.9 Å². The van der Waals surface area contributed by atoms with Crippen LogP contribution in [-0.2, 0) is 4.79 Å². The van der Waals surface area contributed by atoms with Crippen molar-refractivity contribution >= 4 is 5.91 Å². The van der Waals surface area contributed by atoms with E-state index in [4.69, 9.17) is 5.73 Å². The molecule has 1 amide bonds. The van der Waals surface area contributed by atoms with Gasteiger partial charge in [-0.25, -0.2) is 0 Å². The number of rotatable bonds is 2. The minimum atomic E-state index is -0.0498. The van der Waals surface area contributed by atoms with Gasteiger partial charge in [-0.05, 0) is 25.2 Å². The predicted molar refractivity (Wildman–Crippen MR) is 62.4 cm³/mol. The molecule has 1 heterocycles. The maximum atomic E-state index is 12.0. The summed E-state index contributed by atoms with van der Waals surface area (Å²) in [6.07, 6.45) is 2.20. The van der Waals surface area contributed by atoms with Crippen LogP contribution in [0.2, 0.25) is 0 Å². The fraction of sp³-hybridized carbons (Fsp3) is 0.917. The lowest BCUT2D eigenvalue weighted by Gasteiger charge is -2.38. The Hall–Kier alpha value is -0.570. The first-order valence-electron chi connectivity index (χ1n) is 5.88. The van der Waals surface area contributed by atoms with Crippen LogP contribution in [0.15, 0.2) is 0 Å². The van der Waals surface area contributed by atoms with Crippen LogP contribution >= 0.6 is 0 Å². The van der Waals surface area contributed by atoms with Gasteiger partial charge in [0.1, 0.15) is 0 Å². The van der Waals surface area contributed by atoms with Crippen molar-refractivity contribution in [3.8, 4) is 0 Å². The zero-order chi connectivity index (χ0) is 11.6. The van der Waals surface area contributed by atoms with Gasteiger partial charge in [0.15, 0.2) is 0 Å². The number of hydrogen-bond donors (Lipinski definition) is 1. The smallest absolute Gasteiger partial charge is 0.226 e. The number of carbonyl (C=O) groups is 1. The van der Waals surface area contributed by atoms with Crippen LogP contribution in [0.5, 0.6) is 0 Å². The second kappa shape index (κ2) is 4.52. The lowest BCUT2D eigenvalue weighted by Crippen LogP contribution is -2.46. The normalized spacial score (nSPS) is 24.7. The minimum absolute atomic E-state index is 0.0487. The molecule has 1 fully saturated rings. The summed E-state index contributed by atoms with van der Waals surface area (Å²) in [6, 6.07) is -0.0487. The molecule has 1 rings (SSSR count). The van der Waals surface area contributed by atoms with Crippen molar-refractivity contribution in [2.75, 3.05) is 13.1 Å². The monoisotopic (exact) mass is 212 g/mol. The second-order valence-electron chi connectivity index (χ2n) is 5.64. The number of piperidine rings is 1. The second-order valence-corrected chi connectivity index (χ2v) is 5.64. The van der Waals surface area contributed by atoms with Crippen LogP contribution in [0.3, 0.4) is 0 Å². The molecule has 2 atom stereocenters. The van der Waals surface area contributed by atoms with Crippen molar-refractivity contribution in [3.63, 3.8) is 0 Å². The van der Waals surface area contributed by atoms with Crippen molar-refractivity contribution in [1.29, 1.82) is 0 Å². The number of nitrogens with zero attached hydrogens (tertiary/aromatic N) is 1. The zero-order valence-corrected chi connectivity index (χ0v) is 10.4. The Labute approximate surface area is 93.0 Å². The minimum Gasteiger partial charge on any atom is -0.342 e. The summed E-state index contributed by atoms with van der Waals surface area (Å²) in [6.45, 7) is 10.1. The molecule has 1 aliphatic rings. The molecule has 0 aliphatic carbocycles. The van der Waals surface area contributed by atoms with E-state index >= 15 is 0 Å². The lowest BCUT2D eigenvalue weighted by atomic mass is 9.82. The third-order valence-electron chi connectivity index (χ3n) is 3.61. The van der Waals surface area contributed by atoms with E-state index in [9.17, 15) is 4.79 Å². The zero-order valence-electron chi connectivity index (χ0n) is 10.4. The SMILES string of the molecule is CC(N)C(C)C(=O)N1CCC(C)(C)CC1. The largest absolute Gasteiger partial charge is 0.342 e. The highest BCUT2D eigenvalue weighted by molar-refractivity contribution is 5.79. The van der Waals surface area contributed by atoms with Crippen LogP contribution in [0.4, 0.5) is 0 Å². The highest BCUT2D eigenvalue weighted by atomic mass is 16.2.